The predicted octanol–water partition coefficient (Wildman–Crippen LogP) is 6.40. The zero-order chi connectivity index (χ0) is 45.2. The first kappa shape index (κ1) is 44.8. The van der Waals surface area contributed by atoms with Gasteiger partial charge >= 0.3 is 0 Å². The number of rotatable bonds is 14. The van der Waals surface area contributed by atoms with Crippen LogP contribution in [0.5, 0.6) is 11.6 Å². The molecule has 2 amide bonds. The van der Waals surface area contributed by atoms with Crippen LogP contribution in [0.3, 0.4) is 0 Å². The van der Waals surface area contributed by atoms with Crippen molar-refractivity contribution in [3.05, 3.63) is 88.8 Å². The molecule has 3 fully saturated rings. The monoisotopic (exact) mass is 903 g/mol. The van der Waals surface area contributed by atoms with Crippen LogP contribution in [-0.2, 0) is 15.0 Å². The summed E-state index contributed by atoms with van der Waals surface area (Å²) in [5, 5.41) is 40.8. The Bertz CT molecular complexity index is 2440. The number of carbonyl (C=O) groups excluding carboxylic acids is 2. The molecule has 4 atom stereocenters. The van der Waals surface area contributed by atoms with Crippen molar-refractivity contribution in [3.8, 4) is 33.3 Å². The van der Waals surface area contributed by atoms with E-state index >= 15 is 0 Å². The molecule has 344 valence electrons. The fourth-order valence-corrected chi connectivity index (χ4v) is 11.2. The number of amides is 2. The molecule has 0 unspecified atom stereocenters. The minimum absolute atomic E-state index is 0.0369. The lowest BCUT2D eigenvalue weighted by molar-refractivity contribution is -0.141. The third-order valence-electron chi connectivity index (χ3n) is 14.2. The molecule has 0 bridgehead atoms. The zero-order valence-electron chi connectivity index (χ0n) is 37.8. The Morgan fingerprint density at radius 1 is 1.02 bits per heavy atom. The van der Waals surface area contributed by atoms with Crippen LogP contribution in [0.1, 0.15) is 87.4 Å². The van der Waals surface area contributed by atoms with E-state index in [1.54, 1.807) is 23.5 Å². The number of nitrogens with zero attached hydrogens (tertiary/aromatic N) is 7. The number of phenolic OH excluding ortho intramolecular Hbond substituents is 1. The van der Waals surface area contributed by atoms with Gasteiger partial charge in [-0.05, 0) is 112 Å². The third kappa shape index (κ3) is 9.63. The first-order valence-corrected chi connectivity index (χ1v) is 24.1. The molecule has 15 nitrogen and oxygen atoms in total. The Kier molecular flexibility index (Phi) is 13.2. The number of para-hydroxylation sites is 1. The van der Waals surface area contributed by atoms with Crippen molar-refractivity contribution in [2.24, 2.45) is 11.8 Å². The van der Waals surface area contributed by atoms with Crippen molar-refractivity contribution in [3.63, 3.8) is 0 Å². The van der Waals surface area contributed by atoms with Crippen LogP contribution in [0.4, 0.5) is 5.82 Å². The number of likely N-dealkylation sites (tertiary alicyclic amines) is 3. The summed E-state index contributed by atoms with van der Waals surface area (Å²) in [5.74, 6) is 1.01. The molecule has 5 aromatic rings. The number of piperidine rings is 2. The van der Waals surface area contributed by atoms with E-state index in [0.29, 0.717) is 35.4 Å². The smallest absolute Gasteiger partial charge is 0.254 e. The van der Waals surface area contributed by atoms with Gasteiger partial charge in [0.15, 0.2) is 11.6 Å². The van der Waals surface area contributed by atoms with Gasteiger partial charge in [-0.25, -0.2) is 4.98 Å². The second kappa shape index (κ2) is 19.2. The molecular formula is C49H61N9O6S. The van der Waals surface area contributed by atoms with Crippen LogP contribution in [0.15, 0.2) is 70.7 Å². The lowest BCUT2D eigenvalue weighted by Gasteiger charge is -2.41. The number of aliphatic hydroxyl groups excluding tert-OH is 1. The fraction of sp³-hybridized carbons (Fsp3) is 0.510. The number of aromatic nitrogens is 4. The van der Waals surface area contributed by atoms with Crippen molar-refractivity contribution in [1.82, 2.24) is 40.4 Å². The van der Waals surface area contributed by atoms with Crippen LogP contribution >= 0.6 is 11.3 Å². The van der Waals surface area contributed by atoms with E-state index in [9.17, 15) is 19.8 Å². The Hall–Kier alpha value is -5.42. The van der Waals surface area contributed by atoms with Gasteiger partial charge in [-0.2, -0.15) is 0 Å². The number of ether oxygens (including phenoxy) is 1. The minimum atomic E-state index is -0.815. The van der Waals surface area contributed by atoms with Crippen molar-refractivity contribution in [1.29, 1.82) is 0 Å². The van der Waals surface area contributed by atoms with Gasteiger partial charge in [0, 0.05) is 55.2 Å². The SMILES string of the molecule is Cc1ncsc1-c1ccc([C@H](C)NC(=O)[C@@H]2C[C@@H](O)CN2C(=O)[C@@H](c2cc(OCCN3CCC(CN4CCC5(CC4)CNc4nnc(-c6ccccc6O)cc45)CC3)no2)C(C)C)cc1. The molecule has 16 heteroatoms. The molecule has 9 rings (SSSR count). The van der Waals surface area contributed by atoms with Gasteiger partial charge < -0.3 is 39.9 Å². The molecule has 0 radical (unpaired) electrons. The summed E-state index contributed by atoms with van der Waals surface area (Å²) in [6, 6.07) is 18.1. The summed E-state index contributed by atoms with van der Waals surface area (Å²) in [7, 11) is 0. The number of hydrogen-bond donors (Lipinski definition) is 4. The van der Waals surface area contributed by atoms with Crippen LogP contribution < -0.4 is 15.4 Å². The number of aromatic hydroxyl groups is 1. The second-order valence-corrected chi connectivity index (χ2v) is 19.7. The lowest BCUT2D eigenvalue weighted by Crippen LogP contribution is -2.48. The number of hydrogen-bond acceptors (Lipinski definition) is 14. The summed E-state index contributed by atoms with van der Waals surface area (Å²) in [4.78, 5) is 40.0. The first-order valence-electron chi connectivity index (χ1n) is 23.2. The van der Waals surface area contributed by atoms with Gasteiger partial charge in [-0.15, -0.1) is 21.5 Å². The summed E-state index contributed by atoms with van der Waals surface area (Å²) < 4.78 is 11.8. The number of phenols is 1. The quantitative estimate of drug-likeness (QED) is 0.0963. The molecule has 4 aliphatic rings. The van der Waals surface area contributed by atoms with Gasteiger partial charge in [0.1, 0.15) is 24.3 Å². The lowest BCUT2D eigenvalue weighted by atomic mass is 9.74. The highest BCUT2D eigenvalue weighted by molar-refractivity contribution is 7.13. The van der Waals surface area contributed by atoms with E-state index in [1.165, 1.54) is 10.5 Å². The fourth-order valence-electron chi connectivity index (χ4n) is 10.3. The van der Waals surface area contributed by atoms with Crippen molar-refractivity contribution in [2.45, 2.75) is 89.3 Å². The van der Waals surface area contributed by atoms with E-state index in [0.717, 1.165) is 99.0 Å². The molecule has 7 heterocycles. The van der Waals surface area contributed by atoms with E-state index in [2.05, 4.69) is 46.8 Å². The highest BCUT2D eigenvalue weighted by Crippen LogP contribution is 2.45. The number of anilines is 1. The molecular weight excluding hydrogens is 843 g/mol. The summed E-state index contributed by atoms with van der Waals surface area (Å²) >= 11 is 1.60. The van der Waals surface area contributed by atoms with Gasteiger partial charge in [-0.3, -0.25) is 14.5 Å². The molecule has 3 saturated heterocycles. The van der Waals surface area contributed by atoms with Crippen molar-refractivity contribution < 1.29 is 29.1 Å². The molecule has 4 N–H and O–H groups in total. The van der Waals surface area contributed by atoms with Gasteiger partial charge in [0.05, 0.1) is 33.9 Å². The number of aryl methyl sites for hydroxylation is 1. The van der Waals surface area contributed by atoms with Crippen LogP contribution in [-0.4, -0.2) is 128 Å². The number of benzene rings is 2. The average Bonchev–Trinajstić information content (AvgIpc) is 4.12. The van der Waals surface area contributed by atoms with E-state index in [1.807, 2.05) is 75.7 Å². The normalized spacial score (nSPS) is 21.0. The summed E-state index contributed by atoms with van der Waals surface area (Å²) in [6.07, 6.45) is 3.76. The Labute approximate surface area is 384 Å². The van der Waals surface area contributed by atoms with Crippen LogP contribution in [0.25, 0.3) is 21.7 Å². The minimum Gasteiger partial charge on any atom is -0.507 e. The first-order chi connectivity index (χ1) is 31.4. The van der Waals surface area contributed by atoms with Gasteiger partial charge in [0.2, 0.25) is 11.8 Å². The number of β-amino-alcohol motifs (C(OH)–C–C–N with tert-alkyl or cyclic N) is 1. The maximum Gasteiger partial charge on any atom is 0.254 e. The molecule has 0 aliphatic carbocycles. The number of thiazole rings is 1. The van der Waals surface area contributed by atoms with Crippen molar-refractivity contribution >= 4 is 29.0 Å². The molecule has 4 aliphatic heterocycles. The summed E-state index contributed by atoms with van der Waals surface area (Å²) in [6.45, 7) is 15.2. The maximum absolute atomic E-state index is 14.2. The van der Waals surface area contributed by atoms with E-state index in [-0.39, 0.29) is 47.9 Å². The largest absolute Gasteiger partial charge is 0.507 e. The highest BCUT2D eigenvalue weighted by atomic mass is 32.1. The van der Waals surface area contributed by atoms with Gasteiger partial charge in [0.25, 0.3) is 5.88 Å². The molecule has 65 heavy (non-hydrogen) atoms. The zero-order valence-corrected chi connectivity index (χ0v) is 38.6. The number of aliphatic hydroxyl groups is 1. The van der Waals surface area contributed by atoms with E-state index in [4.69, 9.17) is 9.26 Å². The molecule has 0 saturated carbocycles. The van der Waals surface area contributed by atoms with Crippen molar-refractivity contribution in [2.75, 3.05) is 64.3 Å². The molecule has 3 aromatic heterocycles. The van der Waals surface area contributed by atoms with Crippen LogP contribution in [0, 0.1) is 18.8 Å². The number of nitrogens with one attached hydrogen (secondary N) is 2. The van der Waals surface area contributed by atoms with Crippen LogP contribution in [0.2, 0.25) is 0 Å². The van der Waals surface area contributed by atoms with E-state index < -0.39 is 18.1 Å². The predicted molar refractivity (Wildman–Crippen MR) is 249 cm³/mol. The highest BCUT2D eigenvalue weighted by Gasteiger charge is 2.45. The average molecular weight is 904 g/mol. The standard InChI is InChI=1S/C49H61N9O6S/c1-30(2)44(48(62)58-27-36(59)23-40(58)47(61)52-31(3)34-9-11-35(12-10-34)45-32(4)51-29-65-45)42-25-43(55-64-42)63-22-21-56-17-13-33(14-18-56)26-57-19-15-49(16-20-57)28-50-46-38(49)24-39(53-54-46)37-7-5-6-8-41(37)60/h5-12,24-25,29-31,33,36,40,44,59-60H,13-23,26-28H2,1-4H3,(H,50,54)(H,52,61)/t31-,36+,40-,44+/m0/s1. The number of fused-ring (bicyclic) bond motifs is 2. The molecule has 2 aromatic carbocycles. The Morgan fingerprint density at radius 2 is 1.78 bits per heavy atom. The Balaban J connectivity index is 0.723. The topological polar surface area (TPSA) is 182 Å². The number of carbonyl (C=O) groups is 2. The maximum atomic E-state index is 14.2. The summed E-state index contributed by atoms with van der Waals surface area (Å²) in [5.41, 5.74) is 7.52. The second-order valence-electron chi connectivity index (χ2n) is 18.9. The third-order valence-corrected chi connectivity index (χ3v) is 15.2. The van der Waals surface area contributed by atoms with Gasteiger partial charge in [-0.1, -0.05) is 50.2 Å². The molecule has 1 spiro atoms. The Morgan fingerprint density at radius 3 is 2.51 bits per heavy atom.